The van der Waals surface area contributed by atoms with Gasteiger partial charge in [-0.15, -0.1) is 0 Å². The van der Waals surface area contributed by atoms with Crippen molar-refractivity contribution < 1.29 is 8.61 Å². The van der Waals surface area contributed by atoms with Crippen LogP contribution in [0.25, 0.3) is 0 Å². The molecule has 0 aliphatic rings. The Morgan fingerprint density at radius 1 is 1.90 bits per heavy atom. The molecule has 0 amide bonds. The van der Waals surface area contributed by atoms with E-state index in [1.54, 1.807) is 16.3 Å². The van der Waals surface area contributed by atoms with Crippen LogP contribution in [0.1, 0.15) is 6.42 Å². The van der Waals surface area contributed by atoms with Gasteiger partial charge in [-0.2, -0.15) is 0 Å². The SMILES string of the molecule is C[Se]CC[C@H](N)C(=O)O[SeH]. The van der Waals surface area contributed by atoms with Crippen LogP contribution in [0.3, 0.4) is 0 Å². The van der Waals surface area contributed by atoms with Gasteiger partial charge in [-0.1, -0.05) is 0 Å². The van der Waals surface area contributed by atoms with Gasteiger partial charge in [-0.05, 0) is 0 Å². The summed E-state index contributed by atoms with van der Waals surface area (Å²) in [5.74, 6) is 1.79. The van der Waals surface area contributed by atoms with Gasteiger partial charge < -0.3 is 0 Å². The summed E-state index contributed by atoms with van der Waals surface area (Å²) in [5, 5.41) is 1.04. The number of rotatable bonds is 4. The number of nitrogens with two attached hydrogens (primary N) is 1. The minimum atomic E-state index is -0.426. The summed E-state index contributed by atoms with van der Waals surface area (Å²) < 4.78 is 4.39. The Labute approximate surface area is 75.4 Å². The topological polar surface area (TPSA) is 52.3 Å². The zero-order valence-electron chi connectivity index (χ0n) is 5.74. The molecule has 3 nitrogen and oxygen atoms in total. The Morgan fingerprint density at radius 2 is 2.50 bits per heavy atom. The molecule has 0 rings (SSSR count). The quantitative estimate of drug-likeness (QED) is 0.686. The summed E-state index contributed by atoms with van der Waals surface area (Å²) in [6.07, 6.45) is 0.743. The molecule has 2 N–H and O–H groups in total. The number of hydrogen-bond donors (Lipinski definition) is 1. The van der Waals surface area contributed by atoms with Gasteiger partial charge in [0, 0.05) is 0 Å². The molecule has 0 saturated carbocycles. The second-order valence-corrected chi connectivity index (χ2v) is 4.25. The van der Waals surface area contributed by atoms with E-state index < -0.39 is 6.04 Å². The molecule has 0 bridgehead atoms. The molecule has 0 aromatic heterocycles. The molecule has 0 spiro atoms. The Kier molecular flexibility index (Phi) is 6.49. The monoisotopic (exact) mass is 277 g/mol. The van der Waals surface area contributed by atoms with Crippen LogP contribution in [0.4, 0.5) is 0 Å². The molecule has 1 atom stereocenters. The van der Waals surface area contributed by atoms with Crippen LogP contribution in [0.2, 0.25) is 11.1 Å². The molecule has 0 unspecified atom stereocenters. The minimum absolute atomic E-state index is 0.329. The predicted octanol–water partition coefficient (Wildman–Crippen LogP) is -0.767. The van der Waals surface area contributed by atoms with Gasteiger partial charge in [0.05, 0.1) is 0 Å². The first kappa shape index (κ1) is 10.5. The Balaban J connectivity index is 3.41. The third kappa shape index (κ3) is 4.31. The fourth-order valence-corrected chi connectivity index (χ4v) is 1.74. The van der Waals surface area contributed by atoms with Crippen LogP contribution in [-0.2, 0) is 8.61 Å². The Bertz CT molecular complexity index is 110. The van der Waals surface area contributed by atoms with Gasteiger partial charge in [0.25, 0.3) is 0 Å². The first-order chi connectivity index (χ1) is 4.72. The first-order valence-corrected chi connectivity index (χ1v) is 6.51. The van der Waals surface area contributed by atoms with Gasteiger partial charge in [-0.3, -0.25) is 0 Å². The molecule has 0 aromatic carbocycles. The van der Waals surface area contributed by atoms with Crippen molar-refractivity contribution in [2.24, 2.45) is 5.73 Å². The van der Waals surface area contributed by atoms with Crippen LogP contribution in [-0.4, -0.2) is 43.3 Å². The van der Waals surface area contributed by atoms with Crippen LogP contribution in [0.5, 0.6) is 0 Å². The van der Waals surface area contributed by atoms with E-state index in [-0.39, 0.29) is 5.97 Å². The van der Waals surface area contributed by atoms with E-state index in [1.165, 1.54) is 0 Å². The molecular formula is C5H11NO2Se2. The number of carbonyl (C=O) groups excluding carboxylic acids is 1. The van der Waals surface area contributed by atoms with Crippen molar-refractivity contribution in [3.05, 3.63) is 0 Å². The van der Waals surface area contributed by atoms with Gasteiger partial charge in [0.15, 0.2) is 0 Å². The average molecular weight is 275 g/mol. The second kappa shape index (κ2) is 6.20. The summed E-state index contributed by atoms with van der Waals surface area (Å²) in [5.41, 5.74) is 5.44. The van der Waals surface area contributed by atoms with E-state index in [1.807, 2.05) is 0 Å². The van der Waals surface area contributed by atoms with Crippen molar-refractivity contribution in [3.8, 4) is 0 Å². The van der Waals surface area contributed by atoms with E-state index >= 15 is 0 Å². The molecule has 60 valence electrons. The van der Waals surface area contributed by atoms with E-state index in [0.717, 1.165) is 11.7 Å². The molecule has 5 heteroatoms. The molecule has 0 aliphatic heterocycles. The maximum absolute atomic E-state index is 10.7. The summed E-state index contributed by atoms with van der Waals surface area (Å²) in [6, 6.07) is -0.426. The summed E-state index contributed by atoms with van der Waals surface area (Å²) >= 11 is 2.37. The molecule has 0 fully saturated rings. The zero-order chi connectivity index (χ0) is 7.98. The summed E-state index contributed by atoms with van der Waals surface area (Å²) in [4.78, 5) is 10.7. The van der Waals surface area contributed by atoms with Crippen LogP contribution in [0, 0.1) is 0 Å². The fraction of sp³-hybridized carbons (Fsp3) is 0.800. The normalized spacial score (nSPS) is 12.7. The third-order valence-electron chi connectivity index (χ3n) is 1.03. The molecule has 0 heterocycles. The standard InChI is InChI=1S/C5H11NO2Se2/c1-10-3-2-4(6)5(7)8-9/h4,9H,2-3,6H2,1H3/t4-/m0/s1. The summed E-state index contributed by atoms with van der Waals surface area (Å²) in [7, 11) is 0. The Morgan fingerprint density at radius 3 is 2.90 bits per heavy atom. The molecular weight excluding hydrogens is 264 g/mol. The van der Waals surface area contributed by atoms with Gasteiger partial charge in [0.2, 0.25) is 0 Å². The van der Waals surface area contributed by atoms with Crippen molar-refractivity contribution in [2.75, 3.05) is 0 Å². The zero-order valence-corrected chi connectivity index (χ0v) is 9.33. The van der Waals surface area contributed by atoms with Gasteiger partial charge in [-0.25, -0.2) is 0 Å². The predicted molar refractivity (Wildman–Crippen MR) is 42.3 cm³/mol. The Hall–Kier alpha value is 0.469. The van der Waals surface area contributed by atoms with Crippen LogP contribution >= 0.6 is 0 Å². The second-order valence-electron chi connectivity index (χ2n) is 1.80. The van der Waals surface area contributed by atoms with Crippen molar-refractivity contribution in [1.29, 1.82) is 0 Å². The molecule has 0 aliphatic carbocycles. The molecule has 0 radical (unpaired) electrons. The molecule has 0 saturated heterocycles. The van der Waals surface area contributed by atoms with E-state index in [4.69, 9.17) is 5.73 Å². The summed E-state index contributed by atoms with van der Waals surface area (Å²) in [6.45, 7) is 0. The van der Waals surface area contributed by atoms with Crippen molar-refractivity contribution in [1.82, 2.24) is 0 Å². The molecule has 0 aromatic rings. The average Bonchev–Trinajstić information content (AvgIpc) is 1.98. The van der Waals surface area contributed by atoms with Crippen LogP contribution < -0.4 is 5.73 Å². The number of hydrogen-bond acceptors (Lipinski definition) is 3. The third-order valence-corrected chi connectivity index (χ3v) is 2.75. The van der Waals surface area contributed by atoms with Crippen molar-refractivity contribution in [2.45, 2.75) is 23.6 Å². The maximum atomic E-state index is 10.7. The van der Waals surface area contributed by atoms with Crippen LogP contribution in [0.15, 0.2) is 0 Å². The van der Waals surface area contributed by atoms with Crippen molar-refractivity contribution in [3.63, 3.8) is 0 Å². The first-order valence-electron chi connectivity index (χ1n) is 2.82. The van der Waals surface area contributed by atoms with Gasteiger partial charge in [0.1, 0.15) is 0 Å². The molecule has 10 heavy (non-hydrogen) atoms. The fourth-order valence-electron chi connectivity index (χ4n) is 0.430. The van der Waals surface area contributed by atoms with E-state index in [0.29, 0.717) is 15.0 Å². The van der Waals surface area contributed by atoms with Crippen molar-refractivity contribution >= 4 is 37.3 Å². The van der Waals surface area contributed by atoms with E-state index in [9.17, 15) is 4.79 Å². The number of carbonyl (C=O) groups is 1. The van der Waals surface area contributed by atoms with E-state index in [2.05, 4.69) is 9.64 Å². The van der Waals surface area contributed by atoms with Gasteiger partial charge >= 0.3 is 75.2 Å².